The molecule has 3 aromatic rings. The van der Waals surface area contributed by atoms with Crippen molar-refractivity contribution in [2.75, 3.05) is 23.3 Å². The number of amides is 2. The van der Waals surface area contributed by atoms with E-state index >= 15 is 0 Å². The van der Waals surface area contributed by atoms with Crippen LogP contribution in [0.2, 0.25) is 5.02 Å². The van der Waals surface area contributed by atoms with E-state index in [0.29, 0.717) is 35.8 Å². The molecule has 3 heterocycles. The summed E-state index contributed by atoms with van der Waals surface area (Å²) in [5.74, 6) is 0.117. The standard InChI is InChI=1S/C21H18ClF3N6O/c22-14-2-1-3-15(10-14)27-20(32)28-16-6-9-31(12-16)18-11-17(21(23,24)25)29-19(30-18)13-4-7-26-8-5-13/h1-5,7-8,10-11,16H,6,9,12H2,(H2,27,28,32). The third kappa shape index (κ3) is 5.25. The Morgan fingerprint density at radius 2 is 1.91 bits per heavy atom. The maximum absolute atomic E-state index is 13.4. The molecule has 1 saturated heterocycles. The summed E-state index contributed by atoms with van der Waals surface area (Å²) in [6, 6.07) is 10.1. The predicted octanol–water partition coefficient (Wildman–Crippen LogP) is 4.61. The summed E-state index contributed by atoms with van der Waals surface area (Å²) in [6.07, 6.45) is -1.13. The molecule has 7 nitrogen and oxygen atoms in total. The molecule has 0 spiro atoms. The number of alkyl halides is 3. The second-order valence-corrected chi connectivity index (χ2v) is 7.65. The largest absolute Gasteiger partial charge is 0.433 e. The van der Waals surface area contributed by atoms with E-state index in [0.717, 1.165) is 6.07 Å². The van der Waals surface area contributed by atoms with Crippen molar-refractivity contribution < 1.29 is 18.0 Å². The lowest BCUT2D eigenvalue weighted by Crippen LogP contribution is -2.39. The number of benzene rings is 1. The summed E-state index contributed by atoms with van der Waals surface area (Å²) in [7, 11) is 0. The number of carbonyl (C=O) groups is 1. The monoisotopic (exact) mass is 462 g/mol. The zero-order chi connectivity index (χ0) is 22.7. The Bertz CT molecular complexity index is 1110. The third-order valence-corrected chi connectivity index (χ3v) is 5.11. The first-order chi connectivity index (χ1) is 15.3. The van der Waals surface area contributed by atoms with Crippen LogP contribution in [0.4, 0.5) is 29.5 Å². The smallest absolute Gasteiger partial charge is 0.354 e. The molecular weight excluding hydrogens is 445 g/mol. The van der Waals surface area contributed by atoms with Crippen molar-refractivity contribution in [1.82, 2.24) is 20.3 Å². The zero-order valence-corrected chi connectivity index (χ0v) is 17.4. The number of hydrogen-bond acceptors (Lipinski definition) is 5. The average Bonchev–Trinajstić information content (AvgIpc) is 3.22. The maximum atomic E-state index is 13.4. The van der Waals surface area contributed by atoms with Gasteiger partial charge in [0.1, 0.15) is 5.82 Å². The number of anilines is 2. The Morgan fingerprint density at radius 1 is 1.12 bits per heavy atom. The van der Waals surface area contributed by atoms with Gasteiger partial charge in [0.15, 0.2) is 11.5 Å². The van der Waals surface area contributed by atoms with Crippen LogP contribution in [-0.2, 0) is 6.18 Å². The number of halogens is 4. The van der Waals surface area contributed by atoms with E-state index in [-0.39, 0.29) is 17.7 Å². The fourth-order valence-corrected chi connectivity index (χ4v) is 3.57. The van der Waals surface area contributed by atoms with E-state index < -0.39 is 17.9 Å². The second-order valence-electron chi connectivity index (χ2n) is 7.21. The van der Waals surface area contributed by atoms with Gasteiger partial charge < -0.3 is 15.5 Å². The van der Waals surface area contributed by atoms with Crippen LogP contribution >= 0.6 is 11.6 Å². The number of urea groups is 1. The average molecular weight is 463 g/mol. The van der Waals surface area contributed by atoms with Gasteiger partial charge in [0.2, 0.25) is 0 Å². The van der Waals surface area contributed by atoms with E-state index in [1.807, 2.05) is 0 Å². The van der Waals surface area contributed by atoms with Crippen LogP contribution in [0.5, 0.6) is 0 Å². The van der Waals surface area contributed by atoms with Crippen molar-refractivity contribution in [2.24, 2.45) is 0 Å². The molecule has 0 radical (unpaired) electrons. The molecule has 0 bridgehead atoms. The van der Waals surface area contributed by atoms with Gasteiger partial charge in [-0.1, -0.05) is 17.7 Å². The molecule has 166 valence electrons. The highest BCUT2D eigenvalue weighted by Crippen LogP contribution is 2.32. The molecule has 1 atom stereocenters. The number of nitrogens with one attached hydrogen (secondary N) is 2. The predicted molar refractivity (Wildman–Crippen MR) is 114 cm³/mol. The highest BCUT2D eigenvalue weighted by atomic mass is 35.5. The lowest BCUT2D eigenvalue weighted by molar-refractivity contribution is -0.141. The van der Waals surface area contributed by atoms with Crippen molar-refractivity contribution in [3.63, 3.8) is 0 Å². The molecule has 1 aliphatic rings. The minimum absolute atomic E-state index is 0.0349. The molecule has 32 heavy (non-hydrogen) atoms. The minimum atomic E-state index is -4.62. The number of carbonyl (C=O) groups excluding carboxylic acids is 1. The lowest BCUT2D eigenvalue weighted by atomic mass is 10.2. The molecule has 1 unspecified atom stereocenters. The van der Waals surface area contributed by atoms with Crippen LogP contribution in [0.25, 0.3) is 11.4 Å². The Morgan fingerprint density at radius 3 is 2.62 bits per heavy atom. The molecule has 0 aliphatic carbocycles. The van der Waals surface area contributed by atoms with Gasteiger partial charge in [-0.15, -0.1) is 0 Å². The molecule has 2 amide bonds. The lowest BCUT2D eigenvalue weighted by Gasteiger charge is -2.20. The van der Waals surface area contributed by atoms with Crippen molar-refractivity contribution in [2.45, 2.75) is 18.6 Å². The van der Waals surface area contributed by atoms with Crippen LogP contribution in [0.15, 0.2) is 54.9 Å². The van der Waals surface area contributed by atoms with Gasteiger partial charge in [-0.05, 0) is 36.8 Å². The molecule has 0 saturated carbocycles. The topological polar surface area (TPSA) is 83.0 Å². The first-order valence-corrected chi connectivity index (χ1v) is 10.1. The van der Waals surface area contributed by atoms with Crippen molar-refractivity contribution in [1.29, 1.82) is 0 Å². The van der Waals surface area contributed by atoms with E-state index in [2.05, 4.69) is 25.6 Å². The molecule has 11 heteroatoms. The van der Waals surface area contributed by atoms with Gasteiger partial charge in [0, 0.05) is 53.9 Å². The van der Waals surface area contributed by atoms with Gasteiger partial charge in [0.05, 0.1) is 0 Å². The highest BCUT2D eigenvalue weighted by molar-refractivity contribution is 6.30. The van der Waals surface area contributed by atoms with Crippen molar-refractivity contribution in [3.8, 4) is 11.4 Å². The second kappa shape index (κ2) is 8.99. The minimum Gasteiger partial charge on any atom is -0.354 e. The Kier molecular flexibility index (Phi) is 6.13. The fraction of sp³-hybridized carbons (Fsp3) is 0.238. The molecule has 2 N–H and O–H groups in total. The highest BCUT2D eigenvalue weighted by Gasteiger charge is 2.35. The van der Waals surface area contributed by atoms with Gasteiger partial charge >= 0.3 is 12.2 Å². The van der Waals surface area contributed by atoms with Crippen LogP contribution < -0.4 is 15.5 Å². The Balaban J connectivity index is 1.49. The molecule has 2 aromatic heterocycles. The molecule has 1 fully saturated rings. The molecule has 1 aromatic carbocycles. The third-order valence-electron chi connectivity index (χ3n) is 4.87. The number of nitrogens with zero attached hydrogens (tertiary/aromatic N) is 4. The zero-order valence-electron chi connectivity index (χ0n) is 16.6. The Hall–Kier alpha value is -3.40. The normalized spacial score (nSPS) is 16.1. The quantitative estimate of drug-likeness (QED) is 0.591. The first-order valence-electron chi connectivity index (χ1n) is 9.72. The van der Waals surface area contributed by atoms with Crippen LogP contribution in [0, 0.1) is 0 Å². The van der Waals surface area contributed by atoms with Crippen molar-refractivity contribution >= 4 is 29.1 Å². The van der Waals surface area contributed by atoms with Gasteiger partial charge in [-0.25, -0.2) is 14.8 Å². The van der Waals surface area contributed by atoms with Crippen molar-refractivity contribution in [3.05, 3.63) is 65.6 Å². The number of hydrogen-bond donors (Lipinski definition) is 2. The summed E-state index contributed by atoms with van der Waals surface area (Å²) in [6.45, 7) is 0.749. The summed E-state index contributed by atoms with van der Waals surface area (Å²) >= 11 is 5.91. The Labute approximate surface area is 186 Å². The van der Waals surface area contributed by atoms with E-state index in [4.69, 9.17) is 11.6 Å². The number of pyridine rings is 1. The summed E-state index contributed by atoms with van der Waals surface area (Å²) < 4.78 is 40.3. The number of rotatable bonds is 4. The van der Waals surface area contributed by atoms with Crippen LogP contribution in [0.1, 0.15) is 12.1 Å². The fourth-order valence-electron chi connectivity index (χ4n) is 3.38. The van der Waals surface area contributed by atoms with Gasteiger partial charge in [-0.2, -0.15) is 13.2 Å². The molecular formula is C21H18ClF3N6O. The van der Waals surface area contributed by atoms with E-state index in [1.54, 1.807) is 41.3 Å². The summed E-state index contributed by atoms with van der Waals surface area (Å²) in [5.41, 5.74) is -0.0518. The molecule has 1 aliphatic heterocycles. The van der Waals surface area contributed by atoms with Crippen LogP contribution in [-0.4, -0.2) is 40.1 Å². The number of aromatic nitrogens is 3. The van der Waals surface area contributed by atoms with E-state index in [9.17, 15) is 18.0 Å². The summed E-state index contributed by atoms with van der Waals surface area (Å²) in [4.78, 5) is 25.9. The van der Waals surface area contributed by atoms with E-state index in [1.165, 1.54) is 12.4 Å². The van der Waals surface area contributed by atoms with Gasteiger partial charge in [-0.3, -0.25) is 4.98 Å². The van der Waals surface area contributed by atoms with Crippen LogP contribution in [0.3, 0.4) is 0 Å². The SMILES string of the molecule is O=C(Nc1cccc(Cl)c1)NC1CCN(c2cc(C(F)(F)F)nc(-c3ccncc3)n2)C1. The summed E-state index contributed by atoms with van der Waals surface area (Å²) in [5, 5.41) is 6.01. The van der Waals surface area contributed by atoms with Gasteiger partial charge in [0.25, 0.3) is 0 Å². The molecule has 4 rings (SSSR count). The first kappa shape index (κ1) is 21.8. The maximum Gasteiger partial charge on any atom is 0.433 e.